The van der Waals surface area contributed by atoms with Crippen LogP contribution in [-0.4, -0.2) is 26.9 Å². The maximum atomic E-state index is 12.9. The molecular weight excluding hydrogens is 365 g/mol. The van der Waals surface area contributed by atoms with Crippen LogP contribution in [0.25, 0.3) is 26.9 Å². The molecule has 2 heterocycles. The second kappa shape index (κ2) is 6.10. The summed E-state index contributed by atoms with van der Waals surface area (Å²) in [6.45, 7) is 0. The number of nitrogens with zero attached hydrogens (tertiary/aromatic N) is 4. The van der Waals surface area contributed by atoms with Crippen molar-refractivity contribution in [3.8, 4) is 27.7 Å². The van der Waals surface area contributed by atoms with Crippen molar-refractivity contribution in [1.82, 2.24) is 19.8 Å². The van der Waals surface area contributed by atoms with Crippen molar-refractivity contribution < 1.29 is 17.9 Å². The highest BCUT2D eigenvalue weighted by atomic mass is 32.1. The van der Waals surface area contributed by atoms with Gasteiger partial charge in [0.05, 0.1) is 12.7 Å². The zero-order valence-corrected chi connectivity index (χ0v) is 14.2. The van der Waals surface area contributed by atoms with Crippen LogP contribution in [0.3, 0.4) is 0 Å². The van der Waals surface area contributed by atoms with Gasteiger partial charge in [-0.1, -0.05) is 23.5 Å². The van der Waals surface area contributed by atoms with Crippen molar-refractivity contribution in [2.45, 2.75) is 6.18 Å². The van der Waals surface area contributed by atoms with Gasteiger partial charge in [0.2, 0.25) is 4.96 Å². The average molecular weight is 376 g/mol. The monoisotopic (exact) mass is 376 g/mol. The summed E-state index contributed by atoms with van der Waals surface area (Å²) >= 11 is 1.18. The van der Waals surface area contributed by atoms with Gasteiger partial charge in [-0.05, 0) is 36.4 Å². The predicted molar refractivity (Wildman–Crippen MR) is 91.1 cm³/mol. The standard InChI is InChI=1S/C17H11F3N4OS/c1-25-13-7-5-10(6-8-13)14-21-22-16-24(14)23-15(26-16)11-3-2-4-12(9-11)17(18,19)20/h2-9H,1H3. The van der Waals surface area contributed by atoms with Crippen molar-refractivity contribution in [3.05, 3.63) is 54.1 Å². The van der Waals surface area contributed by atoms with Crippen LogP contribution >= 0.6 is 11.3 Å². The zero-order valence-electron chi connectivity index (χ0n) is 13.4. The van der Waals surface area contributed by atoms with Gasteiger partial charge in [-0.25, -0.2) is 0 Å². The van der Waals surface area contributed by atoms with Crippen molar-refractivity contribution in [1.29, 1.82) is 0 Å². The van der Waals surface area contributed by atoms with E-state index in [1.54, 1.807) is 25.3 Å². The first-order valence-corrected chi connectivity index (χ1v) is 8.31. The van der Waals surface area contributed by atoms with E-state index in [9.17, 15) is 13.2 Å². The maximum Gasteiger partial charge on any atom is 0.416 e. The fraction of sp³-hybridized carbons (Fsp3) is 0.118. The lowest BCUT2D eigenvalue weighted by atomic mass is 10.1. The predicted octanol–water partition coefficient (Wildman–Crippen LogP) is 4.55. The fourth-order valence-electron chi connectivity index (χ4n) is 2.48. The summed E-state index contributed by atoms with van der Waals surface area (Å²) in [7, 11) is 1.58. The van der Waals surface area contributed by atoms with Crippen molar-refractivity contribution in [2.24, 2.45) is 0 Å². The summed E-state index contributed by atoms with van der Waals surface area (Å²) in [4.78, 5) is 0.503. The largest absolute Gasteiger partial charge is 0.497 e. The molecule has 0 aliphatic rings. The molecule has 0 aliphatic carbocycles. The van der Waals surface area contributed by atoms with E-state index in [-0.39, 0.29) is 0 Å². The molecule has 26 heavy (non-hydrogen) atoms. The van der Waals surface area contributed by atoms with E-state index in [2.05, 4.69) is 15.3 Å². The molecule has 0 amide bonds. The molecule has 0 bridgehead atoms. The van der Waals surface area contributed by atoms with Gasteiger partial charge in [-0.15, -0.1) is 10.2 Å². The summed E-state index contributed by atoms with van der Waals surface area (Å²) in [5, 5.41) is 13.0. The van der Waals surface area contributed by atoms with E-state index >= 15 is 0 Å². The van der Waals surface area contributed by atoms with Crippen molar-refractivity contribution in [3.63, 3.8) is 0 Å². The van der Waals surface area contributed by atoms with E-state index in [4.69, 9.17) is 4.74 Å². The van der Waals surface area contributed by atoms with Crippen LogP contribution in [0.1, 0.15) is 5.56 Å². The molecule has 5 nitrogen and oxygen atoms in total. The fourth-order valence-corrected chi connectivity index (χ4v) is 3.32. The molecule has 0 N–H and O–H groups in total. The molecule has 0 atom stereocenters. The first-order valence-electron chi connectivity index (χ1n) is 7.50. The van der Waals surface area contributed by atoms with Gasteiger partial charge in [-0.3, -0.25) is 0 Å². The van der Waals surface area contributed by atoms with Gasteiger partial charge < -0.3 is 4.74 Å². The number of fused-ring (bicyclic) bond motifs is 1. The third kappa shape index (κ3) is 2.90. The Hall–Kier alpha value is -2.94. The molecule has 9 heteroatoms. The van der Waals surface area contributed by atoms with Crippen LogP contribution in [0.2, 0.25) is 0 Å². The summed E-state index contributed by atoms with van der Waals surface area (Å²) in [6, 6.07) is 12.3. The van der Waals surface area contributed by atoms with Crippen molar-refractivity contribution in [2.75, 3.05) is 7.11 Å². The van der Waals surface area contributed by atoms with Crippen LogP contribution in [0.5, 0.6) is 5.75 Å². The Morgan fingerprint density at radius 3 is 2.46 bits per heavy atom. The number of benzene rings is 2. The Balaban J connectivity index is 1.76. The average Bonchev–Trinajstić information content (AvgIpc) is 3.22. The molecule has 0 aliphatic heterocycles. The Morgan fingerprint density at radius 2 is 1.77 bits per heavy atom. The number of rotatable bonds is 3. The number of halogens is 3. The van der Waals surface area contributed by atoms with Crippen LogP contribution in [0, 0.1) is 0 Å². The number of alkyl halides is 3. The van der Waals surface area contributed by atoms with Crippen LogP contribution in [-0.2, 0) is 6.18 Å². The Morgan fingerprint density at radius 1 is 1.00 bits per heavy atom. The molecule has 0 radical (unpaired) electrons. The first kappa shape index (κ1) is 16.5. The Kier molecular flexibility index (Phi) is 3.87. The summed E-state index contributed by atoms with van der Waals surface area (Å²) in [5.74, 6) is 1.22. The smallest absolute Gasteiger partial charge is 0.416 e. The molecule has 0 fully saturated rings. The summed E-state index contributed by atoms with van der Waals surface area (Å²) in [5.41, 5.74) is 0.451. The van der Waals surface area contributed by atoms with Crippen molar-refractivity contribution >= 4 is 16.3 Å². The number of aromatic nitrogens is 4. The lowest BCUT2D eigenvalue weighted by Crippen LogP contribution is -2.04. The minimum Gasteiger partial charge on any atom is -0.497 e. The van der Waals surface area contributed by atoms with Gasteiger partial charge in [-0.2, -0.15) is 22.8 Å². The van der Waals surface area contributed by atoms with Gasteiger partial charge >= 0.3 is 6.18 Å². The van der Waals surface area contributed by atoms with Gasteiger partial charge in [0.25, 0.3) is 0 Å². The molecule has 4 rings (SSSR count). The number of methoxy groups -OCH3 is 1. The normalized spacial score (nSPS) is 11.8. The minimum atomic E-state index is -4.40. The van der Waals surface area contributed by atoms with E-state index in [0.29, 0.717) is 27.1 Å². The highest BCUT2D eigenvalue weighted by Gasteiger charge is 2.30. The quantitative estimate of drug-likeness (QED) is 0.527. The molecule has 0 spiro atoms. The zero-order chi connectivity index (χ0) is 18.3. The van der Waals surface area contributed by atoms with Gasteiger partial charge in [0.1, 0.15) is 10.8 Å². The number of hydrogen-bond donors (Lipinski definition) is 0. The molecule has 4 aromatic rings. The minimum absolute atomic E-state index is 0.385. The molecule has 0 unspecified atom stereocenters. The first-order chi connectivity index (χ1) is 12.5. The number of hydrogen-bond acceptors (Lipinski definition) is 5. The van der Waals surface area contributed by atoms with Crippen LogP contribution < -0.4 is 4.74 Å². The lowest BCUT2D eigenvalue weighted by Gasteiger charge is -2.06. The molecular formula is C17H11F3N4OS. The van der Waals surface area contributed by atoms with E-state index in [1.165, 1.54) is 21.9 Å². The lowest BCUT2D eigenvalue weighted by molar-refractivity contribution is -0.137. The highest BCUT2D eigenvalue weighted by Crippen LogP contribution is 2.34. The van der Waals surface area contributed by atoms with Crippen LogP contribution in [0.4, 0.5) is 13.2 Å². The summed E-state index contributed by atoms with van der Waals surface area (Å²) in [6.07, 6.45) is -4.40. The SMILES string of the molecule is COc1ccc(-c2nnc3sc(-c4cccc(C(F)(F)F)c4)nn23)cc1. The molecule has 2 aromatic carbocycles. The third-order valence-corrected chi connectivity index (χ3v) is 4.72. The molecule has 0 saturated carbocycles. The van der Waals surface area contributed by atoms with Gasteiger partial charge in [0, 0.05) is 11.1 Å². The van der Waals surface area contributed by atoms with E-state index in [0.717, 1.165) is 17.7 Å². The second-order valence-corrected chi connectivity index (χ2v) is 6.39. The van der Waals surface area contributed by atoms with Crippen LogP contribution in [0.15, 0.2) is 48.5 Å². The highest BCUT2D eigenvalue weighted by molar-refractivity contribution is 7.19. The van der Waals surface area contributed by atoms with Gasteiger partial charge in [0.15, 0.2) is 5.82 Å². The summed E-state index contributed by atoms with van der Waals surface area (Å²) < 4.78 is 45.4. The van der Waals surface area contributed by atoms with E-state index in [1.807, 2.05) is 12.1 Å². The maximum absolute atomic E-state index is 12.9. The van der Waals surface area contributed by atoms with E-state index < -0.39 is 11.7 Å². The third-order valence-electron chi connectivity index (χ3n) is 3.78. The Labute approximate surface area is 149 Å². The second-order valence-electron chi connectivity index (χ2n) is 5.43. The number of ether oxygens (including phenoxy) is 1. The Bertz CT molecular complexity index is 1070. The molecule has 2 aromatic heterocycles. The topological polar surface area (TPSA) is 52.3 Å². The molecule has 0 saturated heterocycles. The molecule has 132 valence electrons.